The summed E-state index contributed by atoms with van der Waals surface area (Å²) in [5, 5.41) is 0. The Morgan fingerprint density at radius 1 is 1.00 bits per heavy atom. The maximum absolute atomic E-state index is 12.7. The fraction of sp³-hybridized carbons (Fsp3) is 0.381. The number of benzene rings is 2. The number of ether oxygens (including phenoxy) is 2. The summed E-state index contributed by atoms with van der Waals surface area (Å²) in [6.07, 6.45) is 2.89. The first-order valence-corrected chi connectivity index (χ1v) is 9.20. The molecule has 1 saturated heterocycles. The van der Waals surface area contributed by atoms with Crippen LogP contribution in [0.2, 0.25) is 0 Å². The summed E-state index contributed by atoms with van der Waals surface area (Å²) in [6, 6.07) is 16.9. The van der Waals surface area contributed by atoms with E-state index in [0.29, 0.717) is 18.7 Å². The molecule has 1 heterocycles. The van der Waals surface area contributed by atoms with Crippen LogP contribution in [0.1, 0.15) is 29.6 Å². The van der Waals surface area contributed by atoms with Gasteiger partial charge in [0.25, 0.3) is 5.91 Å². The quantitative estimate of drug-likeness (QED) is 0.729. The molecule has 6 heteroatoms. The minimum Gasteiger partial charge on any atom is -0.457 e. The second-order valence-electron chi connectivity index (χ2n) is 6.44. The fourth-order valence-electron chi connectivity index (χ4n) is 3.03. The van der Waals surface area contributed by atoms with Gasteiger partial charge in [0.05, 0.1) is 6.10 Å². The average molecular weight is 391 g/mol. The van der Waals surface area contributed by atoms with Gasteiger partial charge < -0.3 is 20.1 Å². The standard InChI is InChI=1S/C21H26N2O3.ClH/c22-13-4-16-25-18-11-14-23(15-12-18)21(24)17-7-9-20(10-8-17)26-19-5-2-1-3-6-19;/h1-3,5-10,18H,4,11-16,22H2;1H. The number of nitrogens with two attached hydrogens (primary N) is 1. The summed E-state index contributed by atoms with van der Waals surface area (Å²) >= 11 is 0. The number of carbonyl (C=O) groups excluding carboxylic acids is 1. The molecule has 2 N–H and O–H groups in total. The Labute approximate surface area is 166 Å². The van der Waals surface area contributed by atoms with Gasteiger partial charge in [-0.25, -0.2) is 0 Å². The van der Waals surface area contributed by atoms with Crippen LogP contribution in [-0.4, -0.2) is 43.2 Å². The van der Waals surface area contributed by atoms with E-state index in [9.17, 15) is 4.79 Å². The van der Waals surface area contributed by atoms with Crippen molar-refractivity contribution in [3.05, 3.63) is 60.2 Å². The number of halogens is 1. The molecule has 0 bridgehead atoms. The minimum absolute atomic E-state index is 0. The van der Waals surface area contributed by atoms with Crippen LogP contribution in [0.4, 0.5) is 0 Å². The molecule has 1 aliphatic rings. The first-order chi connectivity index (χ1) is 12.8. The van der Waals surface area contributed by atoms with Crippen molar-refractivity contribution in [2.45, 2.75) is 25.4 Å². The lowest BCUT2D eigenvalue weighted by Gasteiger charge is -2.32. The SMILES string of the molecule is Cl.NCCCOC1CCN(C(=O)c2ccc(Oc3ccccc3)cc2)CC1. The highest BCUT2D eigenvalue weighted by Gasteiger charge is 2.23. The number of nitrogens with zero attached hydrogens (tertiary/aromatic N) is 1. The Kier molecular flexibility index (Phi) is 8.58. The molecule has 2 aromatic rings. The van der Waals surface area contributed by atoms with Crippen LogP contribution >= 0.6 is 12.4 Å². The Balaban J connectivity index is 0.00000261. The lowest BCUT2D eigenvalue weighted by atomic mass is 10.1. The highest BCUT2D eigenvalue weighted by atomic mass is 35.5. The molecule has 0 radical (unpaired) electrons. The number of amides is 1. The molecule has 0 unspecified atom stereocenters. The van der Waals surface area contributed by atoms with Crippen LogP contribution in [0, 0.1) is 0 Å². The van der Waals surface area contributed by atoms with E-state index in [1.165, 1.54) is 0 Å². The second-order valence-corrected chi connectivity index (χ2v) is 6.44. The van der Waals surface area contributed by atoms with Gasteiger partial charge in [0.15, 0.2) is 0 Å². The number of piperidine rings is 1. The number of hydrogen-bond acceptors (Lipinski definition) is 4. The third kappa shape index (κ3) is 6.24. The smallest absolute Gasteiger partial charge is 0.253 e. The molecule has 3 rings (SSSR count). The highest BCUT2D eigenvalue weighted by Crippen LogP contribution is 2.22. The second kappa shape index (κ2) is 10.9. The van der Waals surface area contributed by atoms with E-state index in [1.807, 2.05) is 59.5 Å². The van der Waals surface area contributed by atoms with Crippen molar-refractivity contribution in [2.24, 2.45) is 5.73 Å². The molecular weight excluding hydrogens is 364 g/mol. The Morgan fingerprint density at radius 3 is 2.26 bits per heavy atom. The molecule has 5 nitrogen and oxygen atoms in total. The van der Waals surface area contributed by atoms with Crippen LogP contribution in [0.15, 0.2) is 54.6 Å². The lowest BCUT2D eigenvalue weighted by Crippen LogP contribution is -2.41. The first-order valence-electron chi connectivity index (χ1n) is 9.20. The van der Waals surface area contributed by atoms with Gasteiger partial charge in [-0.05, 0) is 62.2 Å². The topological polar surface area (TPSA) is 64.8 Å². The summed E-state index contributed by atoms with van der Waals surface area (Å²) in [7, 11) is 0. The average Bonchev–Trinajstić information content (AvgIpc) is 2.70. The normalized spacial score (nSPS) is 14.5. The molecule has 146 valence electrons. The summed E-state index contributed by atoms with van der Waals surface area (Å²) < 4.78 is 11.6. The van der Waals surface area contributed by atoms with Gasteiger partial charge in [-0.1, -0.05) is 18.2 Å². The number of rotatable bonds is 7. The molecular formula is C21H27ClN2O3. The van der Waals surface area contributed by atoms with Crippen LogP contribution < -0.4 is 10.5 Å². The Hall–Kier alpha value is -2.08. The zero-order valence-electron chi connectivity index (χ0n) is 15.4. The molecule has 0 saturated carbocycles. The number of para-hydroxylation sites is 1. The molecule has 1 amide bonds. The van der Waals surface area contributed by atoms with Gasteiger partial charge in [0.1, 0.15) is 11.5 Å². The molecule has 2 aromatic carbocycles. The van der Waals surface area contributed by atoms with Crippen molar-refractivity contribution in [3.8, 4) is 11.5 Å². The van der Waals surface area contributed by atoms with Gasteiger partial charge in [-0.3, -0.25) is 4.79 Å². The summed E-state index contributed by atoms with van der Waals surface area (Å²) in [5.74, 6) is 1.57. The van der Waals surface area contributed by atoms with E-state index < -0.39 is 0 Å². The zero-order chi connectivity index (χ0) is 18.2. The van der Waals surface area contributed by atoms with Crippen molar-refractivity contribution < 1.29 is 14.3 Å². The van der Waals surface area contributed by atoms with Crippen LogP contribution in [0.5, 0.6) is 11.5 Å². The Bertz CT molecular complexity index is 686. The maximum atomic E-state index is 12.7. The van der Waals surface area contributed by atoms with Crippen molar-refractivity contribution in [2.75, 3.05) is 26.2 Å². The number of likely N-dealkylation sites (tertiary alicyclic amines) is 1. The highest BCUT2D eigenvalue weighted by molar-refractivity contribution is 5.94. The first kappa shape index (κ1) is 21.2. The van der Waals surface area contributed by atoms with Gasteiger partial charge in [-0.15, -0.1) is 12.4 Å². The van der Waals surface area contributed by atoms with Crippen molar-refractivity contribution in [1.82, 2.24) is 4.90 Å². The van der Waals surface area contributed by atoms with Crippen LogP contribution in [0.3, 0.4) is 0 Å². The van der Waals surface area contributed by atoms with Crippen molar-refractivity contribution in [1.29, 1.82) is 0 Å². The largest absolute Gasteiger partial charge is 0.457 e. The summed E-state index contributed by atoms with van der Waals surface area (Å²) in [4.78, 5) is 14.6. The summed E-state index contributed by atoms with van der Waals surface area (Å²) in [6.45, 7) is 2.82. The van der Waals surface area contributed by atoms with Gasteiger partial charge in [-0.2, -0.15) is 0 Å². The predicted octanol–water partition coefficient (Wildman–Crippen LogP) is 3.87. The van der Waals surface area contributed by atoms with Gasteiger partial charge in [0, 0.05) is 25.3 Å². The monoisotopic (exact) mass is 390 g/mol. The van der Waals surface area contributed by atoms with Crippen molar-refractivity contribution in [3.63, 3.8) is 0 Å². The third-order valence-electron chi connectivity index (χ3n) is 4.51. The van der Waals surface area contributed by atoms with E-state index in [4.69, 9.17) is 15.2 Å². The predicted molar refractivity (Wildman–Crippen MR) is 109 cm³/mol. The maximum Gasteiger partial charge on any atom is 0.253 e. The molecule has 0 aromatic heterocycles. The van der Waals surface area contributed by atoms with Crippen LogP contribution in [0.25, 0.3) is 0 Å². The molecule has 0 aliphatic carbocycles. The number of carbonyl (C=O) groups is 1. The molecule has 1 aliphatic heterocycles. The minimum atomic E-state index is 0. The van der Waals surface area contributed by atoms with E-state index >= 15 is 0 Å². The molecule has 1 fully saturated rings. The Morgan fingerprint density at radius 2 is 1.63 bits per heavy atom. The molecule has 27 heavy (non-hydrogen) atoms. The van der Waals surface area contributed by atoms with E-state index in [2.05, 4.69) is 0 Å². The molecule has 0 atom stereocenters. The lowest BCUT2D eigenvalue weighted by molar-refractivity contribution is 0.00845. The summed E-state index contributed by atoms with van der Waals surface area (Å²) in [5.41, 5.74) is 6.17. The van der Waals surface area contributed by atoms with Crippen molar-refractivity contribution >= 4 is 18.3 Å². The third-order valence-corrected chi connectivity index (χ3v) is 4.51. The van der Waals surface area contributed by atoms with E-state index in [-0.39, 0.29) is 24.4 Å². The number of hydrogen-bond donors (Lipinski definition) is 1. The molecule has 0 spiro atoms. The van der Waals surface area contributed by atoms with Gasteiger partial charge >= 0.3 is 0 Å². The van der Waals surface area contributed by atoms with E-state index in [0.717, 1.165) is 43.9 Å². The fourth-order valence-corrected chi connectivity index (χ4v) is 3.03. The van der Waals surface area contributed by atoms with Crippen LogP contribution in [-0.2, 0) is 4.74 Å². The van der Waals surface area contributed by atoms with Gasteiger partial charge in [0.2, 0.25) is 0 Å². The zero-order valence-corrected chi connectivity index (χ0v) is 16.2. The van der Waals surface area contributed by atoms with E-state index in [1.54, 1.807) is 0 Å².